The fourth-order valence-corrected chi connectivity index (χ4v) is 4.96. The normalized spacial score (nSPS) is 12.0. The molecule has 1 heterocycles. The van der Waals surface area contributed by atoms with Crippen molar-refractivity contribution in [3.8, 4) is 0 Å². The lowest BCUT2D eigenvalue weighted by molar-refractivity contribution is -0.113. The van der Waals surface area contributed by atoms with Crippen molar-refractivity contribution in [2.24, 2.45) is 5.92 Å². The molecule has 186 valence electrons. The van der Waals surface area contributed by atoms with E-state index in [4.69, 9.17) is 34.8 Å². The lowest BCUT2D eigenvalue weighted by atomic mass is 10.0. The molecule has 0 aliphatic heterocycles. The molecular weight excluding hydrogens is 529 g/mol. The van der Waals surface area contributed by atoms with Crippen LogP contribution in [0, 0.1) is 5.92 Å². The van der Waals surface area contributed by atoms with E-state index in [1.54, 1.807) is 36.4 Å². The van der Waals surface area contributed by atoms with E-state index in [9.17, 15) is 9.59 Å². The Kier molecular flexibility index (Phi) is 9.86. The number of rotatable bonds is 10. The number of amides is 2. The number of halogens is 3. The zero-order valence-corrected chi connectivity index (χ0v) is 22.6. The van der Waals surface area contributed by atoms with Crippen molar-refractivity contribution in [1.82, 2.24) is 20.1 Å². The van der Waals surface area contributed by atoms with Gasteiger partial charge in [-0.05, 0) is 55.7 Å². The van der Waals surface area contributed by atoms with Crippen molar-refractivity contribution < 1.29 is 9.59 Å². The molecule has 7 nitrogen and oxygen atoms in total. The third kappa shape index (κ3) is 7.61. The first kappa shape index (κ1) is 27.3. The van der Waals surface area contributed by atoms with E-state index in [-0.39, 0.29) is 28.5 Å². The minimum Gasteiger partial charge on any atom is -0.342 e. The van der Waals surface area contributed by atoms with E-state index in [1.807, 2.05) is 11.5 Å². The summed E-state index contributed by atoms with van der Waals surface area (Å²) in [6.45, 7) is 6.67. The second kappa shape index (κ2) is 12.6. The number of nitrogens with zero attached hydrogens (tertiary/aromatic N) is 3. The molecule has 35 heavy (non-hydrogen) atoms. The summed E-state index contributed by atoms with van der Waals surface area (Å²) in [6.07, 6.45) is 0.648. The van der Waals surface area contributed by atoms with Gasteiger partial charge in [0.2, 0.25) is 5.91 Å². The summed E-state index contributed by atoms with van der Waals surface area (Å²) < 4.78 is 1.91. The maximum atomic E-state index is 13.0. The Hall–Kier alpha value is -2.26. The molecule has 0 radical (unpaired) electrons. The van der Waals surface area contributed by atoms with Gasteiger partial charge in [0.1, 0.15) is 0 Å². The van der Waals surface area contributed by atoms with Crippen LogP contribution in [0.3, 0.4) is 0 Å². The first-order valence-corrected chi connectivity index (χ1v) is 13.2. The molecular formula is C24H26Cl3N5O2S. The number of hydrogen-bond acceptors (Lipinski definition) is 5. The molecule has 0 aliphatic rings. The Morgan fingerprint density at radius 3 is 2.46 bits per heavy atom. The zero-order chi connectivity index (χ0) is 25.5. The molecule has 1 atom stereocenters. The quantitative estimate of drug-likeness (QED) is 0.279. The average molecular weight is 555 g/mol. The predicted octanol–water partition coefficient (Wildman–Crippen LogP) is 6.51. The highest BCUT2D eigenvalue weighted by atomic mass is 35.5. The smallest absolute Gasteiger partial charge is 0.253 e. The standard InChI is InChI=1S/C24H26Cl3N5O2S/c1-4-32-22(20(10-14(2)3)29-23(34)18-9-8-16(26)12-19(18)27)30-31-24(32)35-13-21(33)28-17-7-5-6-15(25)11-17/h5-9,11-12,14,20H,4,10,13H2,1-3H3,(H,28,33)(H,29,34)/t20-/m0/s1. The van der Waals surface area contributed by atoms with Gasteiger partial charge in [0.25, 0.3) is 5.91 Å². The molecule has 0 spiro atoms. The number of nitrogens with one attached hydrogen (secondary N) is 2. The van der Waals surface area contributed by atoms with Crippen LogP contribution in [0.5, 0.6) is 0 Å². The van der Waals surface area contributed by atoms with Crippen LogP contribution in [0.15, 0.2) is 47.6 Å². The lowest BCUT2D eigenvalue weighted by Gasteiger charge is -2.21. The Morgan fingerprint density at radius 1 is 1.06 bits per heavy atom. The van der Waals surface area contributed by atoms with Crippen molar-refractivity contribution in [1.29, 1.82) is 0 Å². The zero-order valence-electron chi connectivity index (χ0n) is 19.5. The van der Waals surface area contributed by atoms with Crippen LogP contribution < -0.4 is 10.6 Å². The van der Waals surface area contributed by atoms with Crippen molar-refractivity contribution >= 4 is 64.1 Å². The molecule has 2 aromatic carbocycles. The van der Waals surface area contributed by atoms with Crippen LogP contribution in [0.1, 0.15) is 49.4 Å². The van der Waals surface area contributed by atoms with Crippen molar-refractivity contribution in [3.05, 3.63) is 68.9 Å². The van der Waals surface area contributed by atoms with Gasteiger partial charge >= 0.3 is 0 Å². The van der Waals surface area contributed by atoms with Crippen LogP contribution in [-0.2, 0) is 11.3 Å². The van der Waals surface area contributed by atoms with Gasteiger partial charge < -0.3 is 15.2 Å². The summed E-state index contributed by atoms with van der Waals surface area (Å²) in [6, 6.07) is 11.3. The maximum Gasteiger partial charge on any atom is 0.253 e. The highest BCUT2D eigenvalue weighted by Crippen LogP contribution is 2.27. The summed E-state index contributed by atoms with van der Waals surface area (Å²) >= 11 is 19.5. The monoisotopic (exact) mass is 553 g/mol. The number of carbonyl (C=O) groups excluding carboxylic acids is 2. The Balaban J connectivity index is 1.75. The largest absolute Gasteiger partial charge is 0.342 e. The van der Waals surface area contributed by atoms with Crippen molar-refractivity contribution in [2.45, 2.75) is 44.9 Å². The number of thioether (sulfide) groups is 1. The van der Waals surface area contributed by atoms with Crippen molar-refractivity contribution in [3.63, 3.8) is 0 Å². The minimum atomic E-state index is -0.392. The van der Waals surface area contributed by atoms with E-state index in [1.165, 1.54) is 17.8 Å². The summed E-state index contributed by atoms with van der Waals surface area (Å²) in [5.41, 5.74) is 0.959. The molecule has 0 fully saturated rings. The van der Waals surface area contributed by atoms with Gasteiger partial charge in [0.15, 0.2) is 11.0 Å². The molecule has 0 unspecified atom stereocenters. The number of carbonyl (C=O) groups is 2. The molecule has 2 N–H and O–H groups in total. The van der Waals surface area contributed by atoms with Gasteiger partial charge in [0, 0.05) is 22.3 Å². The van der Waals surface area contributed by atoms with Gasteiger partial charge in [-0.3, -0.25) is 9.59 Å². The van der Waals surface area contributed by atoms with Crippen LogP contribution in [-0.4, -0.2) is 32.3 Å². The molecule has 3 rings (SSSR count). The van der Waals surface area contributed by atoms with Crippen LogP contribution >= 0.6 is 46.6 Å². The fourth-order valence-electron chi connectivity index (χ4n) is 3.47. The number of hydrogen-bond donors (Lipinski definition) is 2. The van der Waals surface area contributed by atoms with Crippen molar-refractivity contribution in [2.75, 3.05) is 11.1 Å². The van der Waals surface area contributed by atoms with E-state index in [0.717, 1.165) is 0 Å². The average Bonchev–Trinajstić information content (AvgIpc) is 3.19. The fraction of sp³-hybridized carbons (Fsp3) is 0.333. The molecule has 2 amide bonds. The van der Waals surface area contributed by atoms with Gasteiger partial charge in [-0.25, -0.2) is 0 Å². The Morgan fingerprint density at radius 2 is 1.80 bits per heavy atom. The summed E-state index contributed by atoms with van der Waals surface area (Å²) in [5.74, 6) is 0.540. The van der Waals surface area contributed by atoms with Gasteiger partial charge in [-0.2, -0.15) is 0 Å². The van der Waals surface area contributed by atoms with E-state index in [2.05, 4.69) is 34.7 Å². The molecule has 0 aliphatic carbocycles. The summed E-state index contributed by atoms with van der Waals surface area (Å²) in [5, 5.41) is 16.4. The molecule has 11 heteroatoms. The second-order valence-corrected chi connectivity index (χ2v) is 10.4. The second-order valence-electron chi connectivity index (χ2n) is 8.21. The topological polar surface area (TPSA) is 88.9 Å². The van der Waals surface area contributed by atoms with Crippen LogP contribution in [0.25, 0.3) is 0 Å². The van der Waals surface area contributed by atoms with E-state index in [0.29, 0.717) is 45.2 Å². The van der Waals surface area contributed by atoms with E-state index < -0.39 is 6.04 Å². The molecule has 0 saturated heterocycles. The van der Waals surface area contributed by atoms with Gasteiger partial charge in [-0.1, -0.05) is 66.5 Å². The molecule has 0 saturated carbocycles. The van der Waals surface area contributed by atoms with Crippen LogP contribution in [0.2, 0.25) is 15.1 Å². The highest BCUT2D eigenvalue weighted by molar-refractivity contribution is 7.99. The minimum absolute atomic E-state index is 0.145. The highest BCUT2D eigenvalue weighted by Gasteiger charge is 2.25. The molecule has 1 aromatic heterocycles. The van der Waals surface area contributed by atoms with E-state index >= 15 is 0 Å². The third-order valence-corrected chi connectivity index (χ3v) is 6.75. The number of benzene rings is 2. The number of aromatic nitrogens is 3. The number of anilines is 1. The SMILES string of the molecule is CCn1c(SCC(=O)Nc2cccc(Cl)c2)nnc1[C@H](CC(C)C)NC(=O)c1ccc(Cl)cc1Cl. The van der Waals surface area contributed by atoms with Gasteiger partial charge in [-0.15, -0.1) is 10.2 Å². The maximum absolute atomic E-state index is 13.0. The summed E-state index contributed by atoms with van der Waals surface area (Å²) in [4.78, 5) is 25.4. The summed E-state index contributed by atoms with van der Waals surface area (Å²) in [7, 11) is 0. The van der Waals surface area contributed by atoms with Crippen LogP contribution in [0.4, 0.5) is 5.69 Å². The molecule has 0 bridgehead atoms. The third-order valence-electron chi connectivity index (χ3n) is 5.00. The Bertz CT molecular complexity index is 1200. The lowest BCUT2D eigenvalue weighted by Crippen LogP contribution is -2.31. The molecule has 3 aromatic rings. The first-order chi connectivity index (χ1) is 16.7. The first-order valence-electron chi connectivity index (χ1n) is 11.0. The van der Waals surface area contributed by atoms with Gasteiger partial charge in [0.05, 0.1) is 22.4 Å². The predicted molar refractivity (Wildman–Crippen MR) is 143 cm³/mol. The Labute approximate surface area is 223 Å².